The fraction of sp³-hybridized carbons (Fsp3) is 0.500. The van der Waals surface area contributed by atoms with Crippen LogP contribution in [0.15, 0.2) is 0 Å². The number of aliphatic carboxylic acids is 8. The smallest absolute Gasteiger partial charge is 0.125 e. The molecule has 2 saturated heterocycles. The molecule has 0 saturated carbocycles. The zero-order chi connectivity index (χ0) is 29.1. The van der Waals surface area contributed by atoms with E-state index in [2.05, 4.69) is 21.3 Å². The van der Waals surface area contributed by atoms with Gasteiger partial charge in [-0.05, 0) is 0 Å². The SMILES string of the molecule is C1C[NH2+]CC[NH2+]1.C1C[NH2+]CC[NH2+]1.O.O.O.O.O.O.O.O.O=C([O-])C(=O)[O-].O=C([O-])C(=O)[O-].O=C([O-])C(=O)[O-].O=C([O-])C(=O)[O-].[O-2].[O-2].[O-2].[O-2].[OH3+].[OH3+].[U].[U]. The van der Waals surface area contributed by atoms with E-state index in [-0.39, 0.29) is 139 Å². The van der Waals surface area contributed by atoms with E-state index in [1.807, 2.05) is 0 Å². The first kappa shape index (κ1) is 134. The average molecular weight is 1250 g/mol. The molecule has 0 unspecified atom stereocenters. The van der Waals surface area contributed by atoms with E-state index < -0.39 is 47.8 Å². The molecule has 0 spiro atoms. The summed E-state index contributed by atoms with van der Waals surface area (Å²) in [5, 5.41) is 80.9. The van der Waals surface area contributed by atoms with Gasteiger partial charge in [0.1, 0.15) is 52.4 Å². The van der Waals surface area contributed by atoms with Gasteiger partial charge in [-0.2, -0.15) is 0 Å². The molecule has 36 heteroatoms. The number of carbonyl (C=O) groups is 8. The standard InChI is InChI=1S/2C4H10N2.4C2H2O4.10H2O.4O.2U/c2*1-2-6-4-3-5-1;4*3-1(4)2(5)6;;;;;;;;;;;;;;;;/h2*5-6H,1-4H2;4*(H,3,4)(H,5,6);10*1H2;;;;;;/q;;;;;;;;;;;;;;;;4*-2;;/p-2. The van der Waals surface area contributed by atoms with E-state index in [1.54, 1.807) is 0 Å². The number of rotatable bonds is 0. The van der Waals surface area contributed by atoms with Crippen LogP contribution in [0.5, 0.6) is 0 Å². The average Bonchev–Trinajstić information content (AvgIpc) is 2.83. The van der Waals surface area contributed by atoms with Crippen molar-refractivity contribution in [1.29, 1.82) is 0 Å². The second-order valence-corrected chi connectivity index (χ2v) is 5.76. The van der Waals surface area contributed by atoms with Crippen LogP contribution >= 0.6 is 0 Å². The molecule has 2 heterocycles. The number of quaternary nitrogens is 4. The van der Waals surface area contributed by atoms with Crippen LogP contribution in [0.1, 0.15) is 0 Å². The van der Waals surface area contributed by atoms with Crippen molar-refractivity contribution in [3.05, 3.63) is 0 Å². The molecule has 0 aromatic heterocycles. The number of carbonyl (C=O) groups excluding carboxylic acids is 8. The predicted molar refractivity (Wildman–Crippen MR) is 128 cm³/mol. The summed E-state index contributed by atoms with van der Waals surface area (Å²) in [6.45, 7) is 10.6. The van der Waals surface area contributed by atoms with Crippen molar-refractivity contribution >= 4 is 47.8 Å². The molecule has 30 N–H and O–H groups in total. The number of carboxylic acid groups (broad SMARTS) is 8. The Morgan fingerprint density at radius 1 is 0.269 bits per heavy atom. The molecule has 34 nitrogen and oxygen atoms in total. The minimum absolute atomic E-state index is 0. The molecule has 0 aromatic rings. The monoisotopic (exact) mass is 1250 g/mol. The van der Waals surface area contributed by atoms with E-state index in [0.717, 1.165) is 0 Å². The number of piperazine rings is 2. The van der Waals surface area contributed by atoms with Crippen molar-refractivity contribution in [1.82, 2.24) is 0 Å². The zero-order valence-corrected chi connectivity index (χ0v) is 34.6. The Labute approximate surface area is 338 Å². The Kier molecular flexibility index (Phi) is 251. The van der Waals surface area contributed by atoms with Gasteiger partial charge >= 0.3 is 0 Å². The van der Waals surface area contributed by atoms with Gasteiger partial charge in [-0.3, -0.25) is 0 Å². The molecule has 2 fully saturated rings. The van der Waals surface area contributed by atoms with Crippen molar-refractivity contribution in [2.75, 3.05) is 52.4 Å². The van der Waals surface area contributed by atoms with Crippen LogP contribution in [-0.2, 0) is 71.2 Å². The number of hydrogen-bond acceptors (Lipinski definition) is 16. The molecule has 0 atom stereocenters. The second kappa shape index (κ2) is 97.4. The first-order valence-corrected chi connectivity index (χ1v) is 9.53. The number of nitrogens with two attached hydrogens (primary N) is 4. The van der Waals surface area contributed by atoms with Crippen LogP contribution in [0.25, 0.3) is 0 Å². The Morgan fingerprint density at radius 2 is 0.327 bits per heavy atom. The summed E-state index contributed by atoms with van der Waals surface area (Å²) in [4.78, 5) is 71.4. The summed E-state index contributed by atoms with van der Waals surface area (Å²) in [5.74, 6) is -17.5. The predicted octanol–water partition coefficient (Wildman–Crippen LogP) is -28.7. The molecule has 2 rings (SSSR count). The van der Waals surface area contributed by atoms with Gasteiger partial charge in [-0.1, -0.05) is 0 Å². The van der Waals surface area contributed by atoms with Crippen LogP contribution in [0.3, 0.4) is 0 Å². The summed E-state index contributed by atoms with van der Waals surface area (Å²) in [6, 6.07) is 0. The van der Waals surface area contributed by atoms with Gasteiger partial charge in [0, 0.05) is 62.2 Å². The maximum Gasteiger partial charge on any atom is 0.125 e. The molecule has 0 bridgehead atoms. The van der Waals surface area contributed by atoms with Gasteiger partial charge < -0.3 is 177 Å². The quantitative estimate of drug-likeness (QED) is 0.129. The number of carboxylic acids is 8. The molecule has 2 aliphatic rings. The van der Waals surface area contributed by atoms with E-state index in [9.17, 15) is 0 Å². The first-order chi connectivity index (χ1) is 16.6. The zero-order valence-electron chi connectivity index (χ0n) is 26.3. The van der Waals surface area contributed by atoms with Crippen LogP contribution in [-0.4, -0.2) is 144 Å². The van der Waals surface area contributed by atoms with Crippen molar-refractivity contribution in [3.63, 3.8) is 0 Å². The minimum atomic E-state index is -2.19. The van der Waals surface area contributed by atoms with Gasteiger partial charge in [-0.15, -0.1) is 0 Å². The van der Waals surface area contributed by atoms with Crippen LogP contribution < -0.4 is 62.1 Å². The topological polar surface area (TPSA) is 819 Å². The first-order valence-electron chi connectivity index (χ1n) is 9.53. The third-order valence-electron chi connectivity index (χ3n) is 2.97. The van der Waals surface area contributed by atoms with E-state index in [0.29, 0.717) is 0 Å². The van der Waals surface area contributed by atoms with Crippen molar-refractivity contribution in [2.45, 2.75) is 0 Å². The third-order valence-corrected chi connectivity index (χ3v) is 2.97. The molecule has 52 heavy (non-hydrogen) atoms. The largest absolute Gasteiger partial charge is 2.00 e. The summed E-state index contributed by atoms with van der Waals surface area (Å²) in [6.07, 6.45) is 0. The van der Waals surface area contributed by atoms with Crippen molar-refractivity contribution < 1.29 is 239 Å². The van der Waals surface area contributed by atoms with Crippen LogP contribution in [0.2, 0.25) is 0 Å². The molecular formula is C16H46N4O30U2-10. The summed E-state index contributed by atoms with van der Waals surface area (Å²) >= 11 is 0. The molecule has 0 aromatic carbocycles. The molecule has 328 valence electrons. The fourth-order valence-electron chi connectivity index (χ4n) is 1.52. The molecule has 0 radical (unpaired) electrons. The number of hydrogen-bond donors (Lipinski definition) is 4. The Hall–Kier alpha value is -2.86. The van der Waals surface area contributed by atoms with Gasteiger partial charge in [0.25, 0.3) is 0 Å². The van der Waals surface area contributed by atoms with E-state index >= 15 is 0 Å². The summed E-state index contributed by atoms with van der Waals surface area (Å²) < 4.78 is 0. The van der Waals surface area contributed by atoms with Crippen LogP contribution in [0.4, 0.5) is 0 Å². The van der Waals surface area contributed by atoms with E-state index in [1.165, 1.54) is 52.4 Å². The maximum absolute atomic E-state index is 8.93. The van der Waals surface area contributed by atoms with Gasteiger partial charge in [0.2, 0.25) is 0 Å². The molecule has 0 amide bonds. The van der Waals surface area contributed by atoms with Crippen LogP contribution in [0, 0.1) is 62.2 Å². The summed E-state index contributed by atoms with van der Waals surface area (Å²) in [7, 11) is 0. The fourth-order valence-corrected chi connectivity index (χ4v) is 1.52. The van der Waals surface area contributed by atoms with Gasteiger partial charge in [0.15, 0.2) is 0 Å². The molecule has 2 aliphatic heterocycles. The van der Waals surface area contributed by atoms with Gasteiger partial charge in [0.05, 0.1) is 47.8 Å². The van der Waals surface area contributed by atoms with E-state index in [4.69, 9.17) is 79.2 Å². The molecule has 0 aliphatic carbocycles. The third kappa shape index (κ3) is 159. The Morgan fingerprint density at radius 3 is 0.346 bits per heavy atom. The Balaban J connectivity index is -0.0000000124. The normalized spacial score (nSPS) is 8.92. The Bertz CT molecular complexity index is 565. The van der Waals surface area contributed by atoms with Gasteiger partial charge in [-0.25, -0.2) is 0 Å². The molecular weight excluding hydrogens is 1200 g/mol. The maximum atomic E-state index is 8.93. The second-order valence-electron chi connectivity index (χ2n) is 5.76. The van der Waals surface area contributed by atoms with Crippen molar-refractivity contribution in [3.8, 4) is 0 Å². The minimum Gasteiger partial charge on any atom is -2.00 e. The van der Waals surface area contributed by atoms with Crippen molar-refractivity contribution in [2.24, 2.45) is 0 Å². The summed E-state index contributed by atoms with van der Waals surface area (Å²) in [5.41, 5.74) is 0.